The maximum absolute atomic E-state index is 14.5. The van der Waals surface area contributed by atoms with Crippen molar-refractivity contribution in [2.75, 3.05) is 4.90 Å². The summed E-state index contributed by atoms with van der Waals surface area (Å²) in [5, 5.41) is 2.46. The molecule has 10 aromatic rings. The summed E-state index contributed by atoms with van der Waals surface area (Å²) in [5.41, 5.74) is 16.5. The quantitative estimate of drug-likeness (QED) is 0.154. The van der Waals surface area contributed by atoms with E-state index in [4.69, 9.17) is 0 Å². The van der Waals surface area contributed by atoms with E-state index in [1.54, 1.807) is 12.1 Å². The Morgan fingerprint density at radius 3 is 1.84 bits per heavy atom. The molecule has 2 aliphatic rings. The van der Waals surface area contributed by atoms with Crippen molar-refractivity contribution in [2.24, 2.45) is 0 Å². The standard InChI is InChI=1S/C58H40FNS2/c1-36-20-23-38(24-21-36)55(39-25-27-40(59)28-26-39)46-32-33-51(57-56(46)45-30-22-37(2)34-54(45)62-57)60(41-12-4-3-5-13-41)42-29-31-44-43-14-6-7-15-47(43)58(50(44)35-42)48-16-8-10-18-52(48)61-53-19-11-9-17-49(53)58/h3-35,55H,1-2H3/t55-/m0/s1. The first-order valence-electron chi connectivity index (χ1n) is 21.2. The van der Waals surface area contributed by atoms with E-state index in [9.17, 15) is 4.39 Å². The summed E-state index contributed by atoms with van der Waals surface area (Å²) in [6.07, 6.45) is 0. The minimum Gasteiger partial charge on any atom is -0.309 e. The molecule has 0 saturated heterocycles. The molecular weight excluding hydrogens is 794 g/mol. The highest BCUT2D eigenvalue weighted by atomic mass is 32.2. The predicted octanol–water partition coefficient (Wildman–Crippen LogP) is 16.3. The minimum absolute atomic E-state index is 0.111. The van der Waals surface area contributed by atoms with E-state index < -0.39 is 5.41 Å². The van der Waals surface area contributed by atoms with Gasteiger partial charge in [-0.1, -0.05) is 157 Å². The molecule has 62 heavy (non-hydrogen) atoms. The van der Waals surface area contributed by atoms with Crippen molar-refractivity contribution >= 4 is 60.3 Å². The van der Waals surface area contributed by atoms with Crippen LogP contribution in [0, 0.1) is 19.7 Å². The summed E-state index contributed by atoms with van der Waals surface area (Å²) < 4.78 is 17.0. The van der Waals surface area contributed by atoms with Crippen molar-refractivity contribution in [1.29, 1.82) is 0 Å². The average molecular weight is 834 g/mol. The Morgan fingerprint density at radius 2 is 1.11 bits per heavy atom. The molecule has 4 heteroatoms. The Bertz CT molecular complexity index is 3280. The summed E-state index contributed by atoms with van der Waals surface area (Å²) in [4.78, 5) is 5.06. The molecule has 0 bridgehead atoms. The lowest BCUT2D eigenvalue weighted by molar-refractivity contribution is 0.627. The van der Waals surface area contributed by atoms with Crippen molar-refractivity contribution in [1.82, 2.24) is 0 Å². The van der Waals surface area contributed by atoms with Crippen LogP contribution in [0.4, 0.5) is 21.5 Å². The Balaban J connectivity index is 1.14. The van der Waals surface area contributed by atoms with E-state index in [0.29, 0.717) is 0 Å². The minimum atomic E-state index is -0.493. The molecule has 1 spiro atoms. The van der Waals surface area contributed by atoms with Crippen LogP contribution in [-0.2, 0) is 5.41 Å². The van der Waals surface area contributed by atoms with Gasteiger partial charge in [-0.2, -0.15) is 0 Å². The van der Waals surface area contributed by atoms with Gasteiger partial charge in [-0.3, -0.25) is 0 Å². The summed E-state index contributed by atoms with van der Waals surface area (Å²) in [6, 6.07) is 72.5. The third kappa shape index (κ3) is 5.60. The van der Waals surface area contributed by atoms with Gasteiger partial charge in [0.05, 0.1) is 15.8 Å². The van der Waals surface area contributed by atoms with Crippen molar-refractivity contribution < 1.29 is 4.39 Å². The summed E-state index contributed by atoms with van der Waals surface area (Å²) in [6.45, 7) is 4.30. The fourth-order valence-corrected chi connectivity index (χ4v) is 12.9. The zero-order valence-corrected chi connectivity index (χ0v) is 35.9. The monoisotopic (exact) mass is 833 g/mol. The highest BCUT2D eigenvalue weighted by Gasteiger charge is 2.50. The third-order valence-electron chi connectivity index (χ3n) is 13.1. The molecule has 0 radical (unpaired) electrons. The zero-order valence-electron chi connectivity index (χ0n) is 34.3. The van der Waals surface area contributed by atoms with Crippen molar-refractivity contribution in [3.05, 3.63) is 256 Å². The molecule has 0 N–H and O–H groups in total. The largest absolute Gasteiger partial charge is 0.309 e. The molecule has 0 unspecified atom stereocenters. The first-order chi connectivity index (χ1) is 30.5. The molecule has 2 heterocycles. The van der Waals surface area contributed by atoms with Gasteiger partial charge in [0.25, 0.3) is 0 Å². The van der Waals surface area contributed by atoms with E-state index >= 15 is 0 Å². The maximum atomic E-state index is 14.5. The summed E-state index contributed by atoms with van der Waals surface area (Å²) in [5.74, 6) is -0.343. The molecule has 9 aromatic carbocycles. The smallest absolute Gasteiger partial charge is 0.123 e. The number of halogens is 1. The fourth-order valence-electron chi connectivity index (χ4n) is 10.4. The van der Waals surface area contributed by atoms with Crippen molar-refractivity contribution in [2.45, 2.75) is 35.0 Å². The Hall–Kier alpha value is -6.72. The van der Waals surface area contributed by atoms with Gasteiger partial charge in [0.1, 0.15) is 5.82 Å². The molecule has 0 fully saturated rings. The molecule has 1 aromatic heterocycles. The van der Waals surface area contributed by atoms with Crippen LogP contribution in [0.2, 0.25) is 0 Å². The number of aryl methyl sites for hydroxylation is 2. The average Bonchev–Trinajstić information content (AvgIpc) is 3.83. The number of anilines is 3. The van der Waals surface area contributed by atoms with Crippen LogP contribution in [0.25, 0.3) is 31.3 Å². The van der Waals surface area contributed by atoms with Crippen LogP contribution >= 0.6 is 23.1 Å². The van der Waals surface area contributed by atoms with Gasteiger partial charge in [0.2, 0.25) is 0 Å². The van der Waals surface area contributed by atoms with Crippen molar-refractivity contribution in [3.8, 4) is 11.1 Å². The first-order valence-corrected chi connectivity index (χ1v) is 22.8. The van der Waals surface area contributed by atoms with Crippen LogP contribution in [-0.4, -0.2) is 0 Å². The number of thiophene rings is 1. The van der Waals surface area contributed by atoms with Crippen LogP contribution in [0.1, 0.15) is 56.0 Å². The van der Waals surface area contributed by atoms with Crippen LogP contribution in [0.15, 0.2) is 210 Å². The topological polar surface area (TPSA) is 3.24 Å². The highest BCUT2D eigenvalue weighted by Crippen LogP contribution is 2.63. The first kappa shape index (κ1) is 37.1. The second-order valence-corrected chi connectivity index (χ2v) is 18.8. The van der Waals surface area contributed by atoms with Gasteiger partial charge in [-0.05, 0) is 130 Å². The number of rotatable bonds is 6. The van der Waals surface area contributed by atoms with Gasteiger partial charge >= 0.3 is 0 Å². The number of hydrogen-bond acceptors (Lipinski definition) is 3. The lowest BCUT2D eigenvalue weighted by Crippen LogP contribution is -2.32. The van der Waals surface area contributed by atoms with E-state index in [1.165, 1.54) is 85.6 Å². The molecule has 1 aliphatic heterocycles. The van der Waals surface area contributed by atoms with E-state index in [1.807, 2.05) is 35.2 Å². The third-order valence-corrected chi connectivity index (χ3v) is 15.4. The molecular formula is C58H40FNS2. The normalized spacial score (nSPS) is 13.7. The van der Waals surface area contributed by atoms with Gasteiger partial charge in [-0.15, -0.1) is 11.3 Å². The molecule has 0 saturated carbocycles. The second-order valence-electron chi connectivity index (χ2n) is 16.7. The van der Waals surface area contributed by atoms with E-state index in [0.717, 1.165) is 22.6 Å². The SMILES string of the molecule is Cc1ccc([C@@H](c2ccc(F)cc2)c2ccc(N(c3ccccc3)c3ccc4c(c3)C3(c5ccccc5Sc5ccccc53)c3ccccc3-4)c3sc4cc(C)ccc4c23)cc1. The Morgan fingerprint density at radius 1 is 0.500 bits per heavy atom. The number of nitrogens with zero attached hydrogens (tertiary/aromatic N) is 1. The van der Waals surface area contributed by atoms with Gasteiger partial charge in [0, 0.05) is 42.6 Å². The second kappa shape index (κ2) is 14.4. The van der Waals surface area contributed by atoms with Gasteiger partial charge in [0.15, 0.2) is 0 Å². The Labute approximate surface area is 369 Å². The predicted molar refractivity (Wildman–Crippen MR) is 259 cm³/mol. The number of fused-ring (bicyclic) bond motifs is 12. The summed E-state index contributed by atoms with van der Waals surface area (Å²) >= 11 is 3.74. The number of benzene rings is 9. The zero-order chi connectivity index (χ0) is 41.5. The lowest BCUT2D eigenvalue weighted by Gasteiger charge is -2.40. The highest BCUT2D eigenvalue weighted by molar-refractivity contribution is 7.99. The van der Waals surface area contributed by atoms with E-state index in [-0.39, 0.29) is 11.7 Å². The number of hydrogen-bond donors (Lipinski definition) is 0. The lowest BCUT2D eigenvalue weighted by atomic mass is 9.67. The molecule has 1 atom stereocenters. The fraction of sp³-hybridized carbons (Fsp3) is 0.0690. The van der Waals surface area contributed by atoms with Crippen LogP contribution in [0.5, 0.6) is 0 Å². The number of para-hydroxylation sites is 1. The molecule has 12 rings (SSSR count). The Kier molecular flexibility index (Phi) is 8.64. The molecule has 1 nitrogen and oxygen atoms in total. The maximum Gasteiger partial charge on any atom is 0.123 e. The summed E-state index contributed by atoms with van der Waals surface area (Å²) in [7, 11) is 0. The van der Waals surface area contributed by atoms with Gasteiger partial charge < -0.3 is 4.90 Å². The molecule has 1 aliphatic carbocycles. The van der Waals surface area contributed by atoms with Crippen molar-refractivity contribution in [3.63, 3.8) is 0 Å². The van der Waals surface area contributed by atoms with Gasteiger partial charge in [-0.25, -0.2) is 4.39 Å². The molecule has 0 amide bonds. The molecule has 296 valence electrons. The van der Waals surface area contributed by atoms with Crippen LogP contribution < -0.4 is 4.90 Å². The van der Waals surface area contributed by atoms with Crippen LogP contribution in [0.3, 0.4) is 0 Å². The van der Waals surface area contributed by atoms with E-state index in [2.05, 4.69) is 195 Å².